The number of benzene rings is 1. The summed E-state index contributed by atoms with van der Waals surface area (Å²) in [4.78, 5) is 21.1. The Kier molecular flexibility index (Phi) is 6.25. The fraction of sp³-hybridized carbons (Fsp3) is 0.400. The molecule has 0 N–H and O–H groups in total. The first-order valence-corrected chi connectivity index (χ1v) is 11.6. The van der Waals surface area contributed by atoms with Crippen LogP contribution in [0.5, 0.6) is 11.5 Å². The number of pyridine rings is 1. The van der Waals surface area contributed by atoms with Crippen LogP contribution in [0.1, 0.15) is 17.7 Å². The highest BCUT2D eigenvalue weighted by atomic mass is 19.1. The predicted octanol–water partition coefficient (Wildman–Crippen LogP) is 4.07. The number of hydrogen-bond acceptors (Lipinski definition) is 6. The molecule has 2 aliphatic heterocycles. The summed E-state index contributed by atoms with van der Waals surface area (Å²) in [5, 5.41) is 4.38. The van der Waals surface area contributed by atoms with Crippen LogP contribution in [0, 0.1) is 24.5 Å². The van der Waals surface area contributed by atoms with Crippen LogP contribution in [0.3, 0.4) is 0 Å². The van der Waals surface area contributed by atoms with Gasteiger partial charge in [-0.15, -0.1) is 0 Å². The maximum absolute atomic E-state index is 15.4. The molecule has 4 heterocycles. The van der Waals surface area contributed by atoms with E-state index in [2.05, 4.69) is 10.1 Å². The average Bonchev–Trinajstić information content (AvgIpc) is 3.50. The van der Waals surface area contributed by atoms with E-state index >= 15 is 8.78 Å². The van der Waals surface area contributed by atoms with Gasteiger partial charge in [0.25, 0.3) is 0 Å². The van der Waals surface area contributed by atoms with Crippen LogP contribution >= 0.6 is 0 Å². The summed E-state index contributed by atoms with van der Waals surface area (Å²) in [6.07, 6.45) is 4.29. The van der Waals surface area contributed by atoms with Crippen molar-refractivity contribution < 1.29 is 27.8 Å². The van der Waals surface area contributed by atoms with Gasteiger partial charge >= 0.3 is 6.03 Å². The van der Waals surface area contributed by atoms with E-state index in [1.807, 2.05) is 26.2 Å². The molecule has 0 radical (unpaired) electrons. The molecule has 190 valence electrons. The van der Waals surface area contributed by atoms with E-state index in [9.17, 15) is 4.79 Å². The van der Waals surface area contributed by atoms with Crippen LogP contribution in [-0.4, -0.2) is 54.8 Å². The summed E-state index contributed by atoms with van der Waals surface area (Å²) < 4.78 is 48.1. The molecule has 2 aliphatic rings. The SMILES string of the molecule is COc1cc(OC)c(F)c(N2Cc3cnc(-c4cn(C)nc4C)cc3N(CC3CCOC3)C2=O)c1F. The Morgan fingerprint density at radius 2 is 1.89 bits per heavy atom. The van der Waals surface area contributed by atoms with Crippen LogP contribution in [0.2, 0.25) is 0 Å². The highest BCUT2D eigenvalue weighted by Crippen LogP contribution is 2.41. The molecule has 2 amide bonds. The number of anilines is 2. The van der Waals surface area contributed by atoms with E-state index in [4.69, 9.17) is 14.2 Å². The number of hydrogen-bond donors (Lipinski definition) is 0. The number of urea groups is 1. The number of carbonyl (C=O) groups excluding carboxylic acids is 1. The van der Waals surface area contributed by atoms with Crippen LogP contribution in [-0.2, 0) is 18.3 Å². The quantitative estimate of drug-likeness (QED) is 0.509. The molecule has 3 aromatic rings. The predicted molar refractivity (Wildman–Crippen MR) is 128 cm³/mol. The highest BCUT2D eigenvalue weighted by molar-refractivity contribution is 6.06. The minimum absolute atomic E-state index is 0.0741. The Balaban J connectivity index is 1.63. The summed E-state index contributed by atoms with van der Waals surface area (Å²) in [5.74, 6) is -2.32. The number of aryl methyl sites for hydroxylation is 2. The minimum Gasteiger partial charge on any atom is -0.493 e. The van der Waals surface area contributed by atoms with Gasteiger partial charge in [-0.1, -0.05) is 0 Å². The first kappa shape index (κ1) is 24.0. The Morgan fingerprint density at radius 1 is 1.17 bits per heavy atom. The molecule has 36 heavy (non-hydrogen) atoms. The van der Waals surface area contributed by atoms with E-state index in [0.29, 0.717) is 36.7 Å². The third kappa shape index (κ3) is 4.02. The fourth-order valence-electron chi connectivity index (χ4n) is 4.78. The molecule has 1 fully saturated rings. The second kappa shape index (κ2) is 9.38. The van der Waals surface area contributed by atoms with Crippen molar-refractivity contribution in [1.29, 1.82) is 0 Å². The Hall–Kier alpha value is -3.73. The number of halogens is 2. The van der Waals surface area contributed by atoms with E-state index in [1.165, 1.54) is 14.2 Å². The standard InChI is InChI=1S/C25H27F2N5O4/c1-14-17(12-30(2)29-14)18-7-19-16(9-28-18)11-32(25(33)31(19)10-15-5-6-36-13-15)24-22(26)20(34-3)8-21(35-4)23(24)27/h7-9,12,15H,5-6,10-11,13H2,1-4H3. The molecule has 5 rings (SSSR count). The number of aromatic nitrogens is 3. The van der Waals surface area contributed by atoms with Crippen LogP contribution in [0.25, 0.3) is 11.3 Å². The van der Waals surface area contributed by atoms with Crippen molar-refractivity contribution in [3.05, 3.63) is 47.4 Å². The molecule has 11 heteroatoms. The molecule has 0 bridgehead atoms. The summed E-state index contributed by atoms with van der Waals surface area (Å²) in [6, 6.07) is 2.40. The maximum Gasteiger partial charge on any atom is 0.329 e. The first-order valence-electron chi connectivity index (χ1n) is 11.6. The van der Waals surface area contributed by atoms with Crippen molar-refractivity contribution in [1.82, 2.24) is 14.8 Å². The normalized spacial score (nSPS) is 17.5. The summed E-state index contributed by atoms with van der Waals surface area (Å²) in [5.41, 5.74) is 3.08. The molecule has 1 aromatic carbocycles. The number of fused-ring (bicyclic) bond motifs is 1. The Bertz CT molecular complexity index is 1290. The highest BCUT2D eigenvalue weighted by Gasteiger charge is 2.38. The first-order chi connectivity index (χ1) is 17.3. The summed E-state index contributed by atoms with van der Waals surface area (Å²) in [6.45, 7) is 3.26. The smallest absolute Gasteiger partial charge is 0.329 e. The molecule has 0 aliphatic carbocycles. The largest absolute Gasteiger partial charge is 0.493 e. The average molecular weight is 500 g/mol. The summed E-state index contributed by atoms with van der Waals surface area (Å²) in [7, 11) is 4.37. The van der Waals surface area contributed by atoms with Gasteiger partial charge in [-0.25, -0.2) is 13.6 Å². The molecule has 1 saturated heterocycles. The summed E-state index contributed by atoms with van der Waals surface area (Å²) >= 11 is 0. The molecule has 1 atom stereocenters. The lowest BCUT2D eigenvalue weighted by Gasteiger charge is -2.38. The van der Waals surface area contributed by atoms with Crippen LogP contribution < -0.4 is 19.3 Å². The van der Waals surface area contributed by atoms with Crippen molar-refractivity contribution >= 4 is 17.4 Å². The topological polar surface area (TPSA) is 82.0 Å². The molecule has 1 unspecified atom stereocenters. The second-order valence-corrected chi connectivity index (χ2v) is 8.97. The third-order valence-electron chi connectivity index (χ3n) is 6.62. The van der Waals surface area contributed by atoms with Gasteiger partial charge in [-0.3, -0.25) is 19.5 Å². The lowest BCUT2D eigenvalue weighted by molar-refractivity contribution is 0.186. The fourth-order valence-corrected chi connectivity index (χ4v) is 4.78. The van der Waals surface area contributed by atoms with Crippen molar-refractivity contribution in [2.24, 2.45) is 13.0 Å². The van der Waals surface area contributed by atoms with Crippen molar-refractivity contribution in [2.75, 3.05) is 43.8 Å². The number of rotatable bonds is 6. The third-order valence-corrected chi connectivity index (χ3v) is 6.62. The number of nitrogens with zero attached hydrogens (tertiary/aromatic N) is 5. The Labute approximate surface area is 207 Å². The molecule has 0 spiro atoms. The lowest BCUT2D eigenvalue weighted by atomic mass is 10.0. The van der Waals surface area contributed by atoms with Gasteiger partial charge in [0.05, 0.1) is 44.4 Å². The van der Waals surface area contributed by atoms with Gasteiger partial charge in [-0.05, 0) is 19.4 Å². The zero-order chi connectivity index (χ0) is 25.6. The minimum atomic E-state index is -0.979. The molecule has 2 aromatic heterocycles. The monoisotopic (exact) mass is 499 g/mol. The number of carbonyl (C=O) groups is 1. The van der Waals surface area contributed by atoms with E-state index in [-0.39, 0.29) is 24.0 Å². The van der Waals surface area contributed by atoms with Gasteiger partial charge in [0.15, 0.2) is 23.1 Å². The number of amides is 2. The zero-order valence-corrected chi connectivity index (χ0v) is 20.5. The van der Waals surface area contributed by atoms with Gasteiger partial charge in [0, 0.05) is 55.7 Å². The Morgan fingerprint density at radius 3 is 2.47 bits per heavy atom. The van der Waals surface area contributed by atoms with E-state index < -0.39 is 23.4 Å². The number of methoxy groups -OCH3 is 2. The van der Waals surface area contributed by atoms with Gasteiger partial charge < -0.3 is 14.2 Å². The molecular weight excluding hydrogens is 472 g/mol. The lowest BCUT2D eigenvalue weighted by Crippen LogP contribution is -2.50. The van der Waals surface area contributed by atoms with Gasteiger partial charge in [0.1, 0.15) is 5.69 Å². The second-order valence-electron chi connectivity index (χ2n) is 8.97. The van der Waals surface area contributed by atoms with Gasteiger partial charge in [-0.2, -0.15) is 5.10 Å². The van der Waals surface area contributed by atoms with Crippen molar-refractivity contribution in [3.8, 4) is 22.8 Å². The molecule has 9 nitrogen and oxygen atoms in total. The van der Waals surface area contributed by atoms with Crippen LogP contribution in [0.4, 0.5) is 25.0 Å². The number of ether oxygens (including phenoxy) is 3. The van der Waals surface area contributed by atoms with E-state index in [1.54, 1.807) is 15.8 Å². The van der Waals surface area contributed by atoms with Crippen molar-refractivity contribution in [3.63, 3.8) is 0 Å². The molecular formula is C25H27F2N5O4. The van der Waals surface area contributed by atoms with Gasteiger partial charge in [0.2, 0.25) is 0 Å². The molecule has 0 saturated carbocycles. The van der Waals surface area contributed by atoms with Crippen molar-refractivity contribution in [2.45, 2.75) is 19.9 Å². The van der Waals surface area contributed by atoms with E-state index in [0.717, 1.165) is 28.6 Å². The van der Waals surface area contributed by atoms with Crippen LogP contribution in [0.15, 0.2) is 24.5 Å². The zero-order valence-electron chi connectivity index (χ0n) is 20.5. The maximum atomic E-state index is 15.4.